The molecule has 2 rings (SSSR count). The minimum Gasteiger partial charge on any atom is -0.388 e. The van der Waals surface area contributed by atoms with Crippen molar-refractivity contribution in [1.29, 1.82) is 0 Å². The lowest BCUT2D eigenvalue weighted by molar-refractivity contribution is 0.0416. The second kappa shape index (κ2) is 8.88. The first-order valence-electron chi connectivity index (χ1n) is 9.12. The molecule has 0 spiro atoms. The third-order valence-electron chi connectivity index (χ3n) is 4.83. The highest BCUT2D eigenvalue weighted by molar-refractivity contribution is 5.81. The van der Waals surface area contributed by atoms with Gasteiger partial charge in [0.05, 0.1) is 12.1 Å². The molecule has 0 aliphatic carbocycles. The van der Waals surface area contributed by atoms with Crippen LogP contribution in [0.1, 0.15) is 45.6 Å². The monoisotopic (exact) mass is 329 g/mol. The molecule has 4 nitrogen and oxygen atoms in total. The second-order valence-corrected chi connectivity index (χ2v) is 6.39. The van der Waals surface area contributed by atoms with Gasteiger partial charge >= 0.3 is 0 Å². The summed E-state index contributed by atoms with van der Waals surface area (Å²) in [5.41, 5.74) is 2.02. The van der Waals surface area contributed by atoms with Gasteiger partial charge in [-0.05, 0) is 37.3 Å². The maximum atomic E-state index is 10.5. The van der Waals surface area contributed by atoms with E-state index in [0.29, 0.717) is 6.54 Å². The molecule has 4 heteroatoms. The SMILES string of the molecule is CCNC(=NCC(O)(CC)CC)N1CC=C(c2ccccc2)CC1. The first-order valence-corrected chi connectivity index (χ1v) is 9.12. The van der Waals surface area contributed by atoms with Crippen LogP contribution in [0.5, 0.6) is 0 Å². The second-order valence-electron chi connectivity index (χ2n) is 6.39. The van der Waals surface area contributed by atoms with Crippen LogP contribution in [0.2, 0.25) is 0 Å². The molecule has 0 atom stereocenters. The lowest BCUT2D eigenvalue weighted by Gasteiger charge is -2.31. The van der Waals surface area contributed by atoms with E-state index < -0.39 is 5.60 Å². The Kier molecular flexibility index (Phi) is 6.85. The number of benzene rings is 1. The summed E-state index contributed by atoms with van der Waals surface area (Å²) in [6.07, 6.45) is 4.76. The van der Waals surface area contributed by atoms with Gasteiger partial charge in [0.25, 0.3) is 0 Å². The predicted octanol–water partition coefficient (Wildman–Crippen LogP) is 3.29. The van der Waals surface area contributed by atoms with E-state index >= 15 is 0 Å². The summed E-state index contributed by atoms with van der Waals surface area (Å²) in [6, 6.07) is 10.6. The first kappa shape index (κ1) is 18.5. The smallest absolute Gasteiger partial charge is 0.194 e. The van der Waals surface area contributed by atoms with Crippen molar-refractivity contribution in [2.75, 3.05) is 26.2 Å². The molecule has 0 saturated carbocycles. The molecule has 0 fully saturated rings. The maximum absolute atomic E-state index is 10.5. The van der Waals surface area contributed by atoms with E-state index in [-0.39, 0.29) is 0 Å². The average Bonchev–Trinajstić information content (AvgIpc) is 2.66. The normalized spacial score (nSPS) is 16.1. The molecule has 1 heterocycles. The van der Waals surface area contributed by atoms with E-state index in [9.17, 15) is 5.11 Å². The van der Waals surface area contributed by atoms with Crippen molar-refractivity contribution in [2.24, 2.45) is 4.99 Å². The van der Waals surface area contributed by atoms with Crippen molar-refractivity contribution in [3.05, 3.63) is 42.0 Å². The number of rotatable bonds is 6. The van der Waals surface area contributed by atoms with Gasteiger partial charge in [0.2, 0.25) is 0 Å². The van der Waals surface area contributed by atoms with Gasteiger partial charge in [-0.15, -0.1) is 0 Å². The number of hydrogen-bond donors (Lipinski definition) is 2. The van der Waals surface area contributed by atoms with E-state index in [4.69, 9.17) is 4.99 Å². The van der Waals surface area contributed by atoms with Gasteiger partial charge < -0.3 is 15.3 Å². The Balaban J connectivity index is 2.06. The zero-order valence-corrected chi connectivity index (χ0v) is 15.3. The van der Waals surface area contributed by atoms with Gasteiger partial charge in [-0.1, -0.05) is 50.3 Å². The summed E-state index contributed by atoms with van der Waals surface area (Å²) in [6.45, 7) is 9.20. The fourth-order valence-corrected chi connectivity index (χ4v) is 2.90. The van der Waals surface area contributed by atoms with Crippen LogP contribution in [0.15, 0.2) is 41.4 Å². The maximum Gasteiger partial charge on any atom is 0.194 e. The van der Waals surface area contributed by atoms with Crippen LogP contribution in [0.25, 0.3) is 5.57 Å². The lowest BCUT2D eigenvalue weighted by atomic mass is 9.98. The standard InChI is InChI=1S/C20H31N3O/c1-4-20(24,5-2)16-22-19(21-6-3)23-14-12-18(13-15-23)17-10-8-7-9-11-17/h7-12,24H,4-6,13-16H2,1-3H3,(H,21,22). The van der Waals surface area contributed by atoms with Gasteiger partial charge in [0.1, 0.15) is 0 Å². The summed E-state index contributed by atoms with van der Waals surface area (Å²) in [4.78, 5) is 6.97. The van der Waals surface area contributed by atoms with Gasteiger partial charge in [-0.3, -0.25) is 4.99 Å². The Bertz CT molecular complexity index is 562. The van der Waals surface area contributed by atoms with E-state index in [1.807, 2.05) is 13.8 Å². The van der Waals surface area contributed by atoms with Gasteiger partial charge in [-0.2, -0.15) is 0 Å². The van der Waals surface area contributed by atoms with Crippen molar-refractivity contribution in [3.8, 4) is 0 Å². The van der Waals surface area contributed by atoms with Crippen LogP contribution in [0, 0.1) is 0 Å². The van der Waals surface area contributed by atoms with Crippen LogP contribution < -0.4 is 5.32 Å². The average molecular weight is 329 g/mol. The highest BCUT2D eigenvalue weighted by Crippen LogP contribution is 2.22. The molecule has 1 aliphatic heterocycles. The van der Waals surface area contributed by atoms with Gasteiger partial charge in [0.15, 0.2) is 5.96 Å². The highest BCUT2D eigenvalue weighted by atomic mass is 16.3. The summed E-state index contributed by atoms with van der Waals surface area (Å²) in [5.74, 6) is 0.904. The molecular weight excluding hydrogens is 298 g/mol. The van der Waals surface area contributed by atoms with Crippen LogP contribution in [-0.4, -0.2) is 47.7 Å². The Morgan fingerprint density at radius 2 is 1.92 bits per heavy atom. The summed E-state index contributed by atoms with van der Waals surface area (Å²) in [5, 5.41) is 13.8. The molecule has 24 heavy (non-hydrogen) atoms. The number of aliphatic hydroxyl groups is 1. The molecule has 0 radical (unpaired) electrons. The van der Waals surface area contributed by atoms with E-state index in [2.05, 4.69) is 53.5 Å². The molecular formula is C20H31N3O. The summed E-state index contributed by atoms with van der Waals surface area (Å²) in [7, 11) is 0. The van der Waals surface area contributed by atoms with Crippen LogP contribution in [0.4, 0.5) is 0 Å². The van der Waals surface area contributed by atoms with Crippen molar-refractivity contribution in [1.82, 2.24) is 10.2 Å². The minimum absolute atomic E-state index is 0.452. The Labute approximate surface area is 146 Å². The molecule has 132 valence electrons. The molecule has 1 aliphatic rings. The molecule has 1 aromatic carbocycles. The molecule has 0 saturated heterocycles. The fourth-order valence-electron chi connectivity index (χ4n) is 2.90. The van der Waals surface area contributed by atoms with E-state index in [1.54, 1.807) is 0 Å². The molecule has 0 unspecified atom stereocenters. The Hall–Kier alpha value is -1.81. The van der Waals surface area contributed by atoms with E-state index in [1.165, 1.54) is 11.1 Å². The van der Waals surface area contributed by atoms with Crippen molar-refractivity contribution < 1.29 is 5.11 Å². The molecule has 0 bridgehead atoms. The number of aliphatic imine (C=N–C) groups is 1. The quantitative estimate of drug-likeness (QED) is 0.622. The number of hydrogen-bond acceptors (Lipinski definition) is 2. The van der Waals surface area contributed by atoms with Gasteiger partial charge in [-0.25, -0.2) is 0 Å². The largest absolute Gasteiger partial charge is 0.388 e. The minimum atomic E-state index is -0.693. The zero-order chi connectivity index (χ0) is 17.4. The number of nitrogens with zero attached hydrogens (tertiary/aromatic N) is 2. The van der Waals surface area contributed by atoms with E-state index in [0.717, 1.165) is 44.9 Å². The third kappa shape index (κ3) is 4.84. The summed E-state index contributed by atoms with van der Waals surface area (Å²) >= 11 is 0. The van der Waals surface area contributed by atoms with Crippen molar-refractivity contribution in [2.45, 2.75) is 45.6 Å². The Morgan fingerprint density at radius 1 is 1.21 bits per heavy atom. The summed E-state index contributed by atoms with van der Waals surface area (Å²) < 4.78 is 0. The Morgan fingerprint density at radius 3 is 2.46 bits per heavy atom. The third-order valence-corrected chi connectivity index (χ3v) is 4.83. The lowest BCUT2D eigenvalue weighted by Crippen LogP contribution is -2.44. The highest BCUT2D eigenvalue weighted by Gasteiger charge is 2.23. The fraction of sp³-hybridized carbons (Fsp3) is 0.550. The number of guanidine groups is 1. The van der Waals surface area contributed by atoms with Crippen LogP contribution >= 0.6 is 0 Å². The predicted molar refractivity (Wildman–Crippen MR) is 102 cm³/mol. The molecule has 1 aromatic rings. The topological polar surface area (TPSA) is 47.9 Å². The van der Waals surface area contributed by atoms with Gasteiger partial charge in [0, 0.05) is 19.6 Å². The molecule has 0 aromatic heterocycles. The van der Waals surface area contributed by atoms with Crippen molar-refractivity contribution >= 4 is 11.5 Å². The van der Waals surface area contributed by atoms with Crippen LogP contribution in [0.3, 0.4) is 0 Å². The zero-order valence-electron chi connectivity index (χ0n) is 15.3. The number of nitrogens with one attached hydrogen (secondary N) is 1. The van der Waals surface area contributed by atoms with Crippen molar-refractivity contribution in [3.63, 3.8) is 0 Å². The van der Waals surface area contributed by atoms with Crippen LogP contribution in [-0.2, 0) is 0 Å². The molecule has 2 N–H and O–H groups in total. The molecule has 0 amide bonds. The first-order chi connectivity index (χ1) is 11.6.